The van der Waals surface area contributed by atoms with E-state index in [2.05, 4.69) is 21.2 Å². The zero-order valence-electron chi connectivity index (χ0n) is 16.8. The molecule has 0 radical (unpaired) electrons. The molecule has 1 aliphatic heterocycles. The third-order valence-electron chi connectivity index (χ3n) is 4.87. The van der Waals surface area contributed by atoms with E-state index < -0.39 is 17.7 Å². The Labute approximate surface area is 197 Å². The number of fused-ring (bicyclic) bond motifs is 1. The van der Waals surface area contributed by atoms with Crippen LogP contribution in [0.2, 0.25) is 5.02 Å². The van der Waals surface area contributed by atoms with Crippen LogP contribution >= 0.6 is 27.5 Å². The first-order chi connectivity index (χ1) is 15.4. The minimum atomic E-state index is -0.413. The minimum Gasteiger partial charge on any atom is -0.496 e. The number of halogens is 2. The highest BCUT2D eigenvalue weighted by molar-refractivity contribution is 9.10. The van der Waals surface area contributed by atoms with Crippen molar-refractivity contribution < 1.29 is 19.1 Å². The van der Waals surface area contributed by atoms with Gasteiger partial charge in [-0.1, -0.05) is 39.7 Å². The lowest BCUT2D eigenvalue weighted by molar-refractivity contribution is -0.111. The Morgan fingerprint density at radius 1 is 1.03 bits per heavy atom. The van der Waals surface area contributed by atoms with Crippen molar-refractivity contribution in [3.8, 4) is 5.75 Å². The van der Waals surface area contributed by atoms with Gasteiger partial charge in [-0.25, -0.2) is 4.90 Å². The maximum absolute atomic E-state index is 12.6. The second-order valence-corrected chi connectivity index (χ2v) is 8.19. The van der Waals surface area contributed by atoms with Crippen molar-refractivity contribution in [2.24, 2.45) is 0 Å². The molecule has 4 rings (SSSR count). The van der Waals surface area contributed by atoms with Crippen LogP contribution in [-0.4, -0.2) is 24.8 Å². The molecule has 0 saturated heterocycles. The van der Waals surface area contributed by atoms with Gasteiger partial charge in [0, 0.05) is 16.1 Å². The van der Waals surface area contributed by atoms with E-state index in [1.165, 1.54) is 12.1 Å². The van der Waals surface area contributed by atoms with Gasteiger partial charge in [0.25, 0.3) is 11.8 Å². The number of carbonyl (C=O) groups excluding carboxylic acids is 3. The molecule has 1 N–H and O–H groups in total. The van der Waals surface area contributed by atoms with Gasteiger partial charge in [0.2, 0.25) is 5.91 Å². The number of anilines is 2. The maximum atomic E-state index is 12.6. The molecule has 32 heavy (non-hydrogen) atoms. The van der Waals surface area contributed by atoms with Gasteiger partial charge in [0.15, 0.2) is 0 Å². The van der Waals surface area contributed by atoms with E-state index in [4.69, 9.17) is 16.3 Å². The van der Waals surface area contributed by atoms with E-state index in [1.54, 1.807) is 55.7 Å². The van der Waals surface area contributed by atoms with E-state index >= 15 is 0 Å². The van der Waals surface area contributed by atoms with E-state index in [9.17, 15) is 14.4 Å². The molecule has 0 saturated carbocycles. The molecule has 160 valence electrons. The molecule has 3 aromatic carbocycles. The Kier molecular flexibility index (Phi) is 6.12. The quantitative estimate of drug-likeness (QED) is 0.359. The lowest BCUT2D eigenvalue weighted by atomic mass is 10.1. The van der Waals surface area contributed by atoms with Crippen LogP contribution in [0.1, 0.15) is 26.3 Å². The van der Waals surface area contributed by atoms with Crippen molar-refractivity contribution in [1.82, 2.24) is 0 Å². The lowest BCUT2D eigenvalue weighted by Crippen LogP contribution is -2.29. The first-order valence-corrected chi connectivity index (χ1v) is 10.7. The fourth-order valence-electron chi connectivity index (χ4n) is 3.34. The number of nitrogens with one attached hydrogen (secondary N) is 1. The first-order valence-electron chi connectivity index (χ1n) is 9.49. The molecular formula is C24H16BrClN2O4. The summed E-state index contributed by atoms with van der Waals surface area (Å²) in [6.45, 7) is 0. The number of ether oxygens (including phenoxy) is 1. The fourth-order valence-corrected chi connectivity index (χ4v) is 3.94. The molecule has 0 bridgehead atoms. The smallest absolute Gasteiger partial charge is 0.266 e. The molecule has 1 heterocycles. The van der Waals surface area contributed by atoms with Crippen molar-refractivity contribution in [3.05, 3.63) is 92.9 Å². The zero-order valence-corrected chi connectivity index (χ0v) is 19.1. The molecule has 0 spiro atoms. The van der Waals surface area contributed by atoms with Crippen LogP contribution in [0.5, 0.6) is 5.75 Å². The Hall–Kier alpha value is -3.42. The normalized spacial score (nSPS) is 12.9. The number of imide groups is 1. The number of hydrogen-bond acceptors (Lipinski definition) is 4. The van der Waals surface area contributed by atoms with E-state index in [0.29, 0.717) is 28.3 Å². The summed E-state index contributed by atoms with van der Waals surface area (Å²) < 4.78 is 6.14. The number of rotatable bonds is 5. The molecular weight excluding hydrogens is 496 g/mol. The topological polar surface area (TPSA) is 75.7 Å². The molecule has 6 nitrogen and oxygen atoms in total. The lowest BCUT2D eigenvalue weighted by Gasteiger charge is -2.15. The van der Waals surface area contributed by atoms with Crippen LogP contribution < -0.4 is 15.0 Å². The molecule has 1 aliphatic rings. The number of carbonyl (C=O) groups is 3. The minimum absolute atomic E-state index is 0.195. The van der Waals surface area contributed by atoms with Gasteiger partial charge in [0.05, 0.1) is 34.6 Å². The van der Waals surface area contributed by atoms with Crippen molar-refractivity contribution in [1.29, 1.82) is 0 Å². The number of benzene rings is 3. The Morgan fingerprint density at radius 2 is 1.72 bits per heavy atom. The van der Waals surface area contributed by atoms with Crippen molar-refractivity contribution in [2.75, 3.05) is 17.3 Å². The van der Waals surface area contributed by atoms with Crippen LogP contribution in [0.25, 0.3) is 6.08 Å². The molecule has 0 aliphatic carbocycles. The summed E-state index contributed by atoms with van der Waals surface area (Å²) in [6, 6.07) is 16.7. The average molecular weight is 512 g/mol. The second-order valence-electron chi connectivity index (χ2n) is 6.86. The summed E-state index contributed by atoms with van der Waals surface area (Å²) in [4.78, 5) is 38.8. The Bertz CT molecular complexity index is 1250. The number of methoxy groups -OCH3 is 1. The Morgan fingerprint density at radius 3 is 2.34 bits per heavy atom. The van der Waals surface area contributed by atoms with Crippen LogP contribution in [0, 0.1) is 0 Å². The standard InChI is InChI=1S/C24H16BrClN2O4/c1-32-21-10-7-15(25)12-14(21)6-11-22(29)27-20-9-8-16(13-19(20)26)28-23(30)17-4-2-3-5-18(17)24(28)31/h2-13H,1H3,(H,27,29). The highest BCUT2D eigenvalue weighted by Crippen LogP contribution is 2.33. The molecule has 3 amide bonds. The largest absolute Gasteiger partial charge is 0.496 e. The van der Waals surface area contributed by atoms with Gasteiger partial charge in [-0.2, -0.15) is 0 Å². The monoisotopic (exact) mass is 510 g/mol. The van der Waals surface area contributed by atoms with Gasteiger partial charge in [0.1, 0.15) is 5.75 Å². The van der Waals surface area contributed by atoms with E-state index in [1.807, 2.05) is 12.1 Å². The average Bonchev–Trinajstić information content (AvgIpc) is 3.04. The van der Waals surface area contributed by atoms with Crippen molar-refractivity contribution in [2.45, 2.75) is 0 Å². The number of amides is 3. The molecule has 0 unspecified atom stereocenters. The summed E-state index contributed by atoms with van der Waals surface area (Å²) >= 11 is 9.72. The van der Waals surface area contributed by atoms with Gasteiger partial charge >= 0.3 is 0 Å². The molecule has 0 atom stereocenters. The number of nitrogens with zero attached hydrogens (tertiary/aromatic N) is 1. The summed E-state index contributed by atoms with van der Waals surface area (Å²) in [7, 11) is 1.55. The molecule has 0 fully saturated rings. The van der Waals surface area contributed by atoms with Crippen molar-refractivity contribution in [3.63, 3.8) is 0 Å². The third kappa shape index (κ3) is 4.17. The van der Waals surface area contributed by atoms with Crippen LogP contribution in [0.4, 0.5) is 11.4 Å². The predicted molar refractivity (Wildman–Crippen MR) is 127 cm³/mol. The SMILES string of the molecule is COc1ccc(Br)cc1C=CC(=O)Nc1ccc(N2C(=O)c3ccccc3C2=O)cc1Cl. The maximum Gasteiger partial charge on any atom is 0.266 e. The molecule has 0 aromatic heterocycles. The van der Waals surface area contributed by atoms with Crippen LogP contribution in [0.3, 0.4) is 0 Å². The molecule has 8 heteroatoms. The predicted octanol–water partition coefficient (Wildman–Crippen LogP) is 5.56. The van der Waals surface area contributed by atoms with E-state index in [-0.39, 0.29) is 5.02 Å². The fraction of sp³-hybridized carbons (Fsp3) is 0.0417. The summed E-state index contributed by atoms with van der Waals surface area (Å²) in [6.07, 6.45) is 2.98. The first kappa shape index (κ1) is 21.8. The summed E-state index contributed by atoms with van der Waals surface area (Å²) in [5.74, 6) is -0.600. The summed E-state index contributed by atoms with van der Waals surface area (Å²) in [5.41, 5.74) is 2.10. The third-order valence-corrected chi connectivity index (χ3v) is 5.67. The van der Waals surface area contributed by atoms with Gasteiger partial charge in [-0.3, -0.25) is 14.4 Å². The Balaban J connectivity index is 1.51. The van der Waals surface area contributed by atoms with Crippen molar-refractivity contribution >= 4 is 62.7 Å². The van der Waals surface area contributed by atoms with Crippen LogP contribution in [0.15, 0.2) is 71.2 Å². The number of hydrogen-bond donors (Lipinski definition) is 1. The summed E-state index contributed by atoms with van der Waals surface area (Å²) in [5, 5.41) is 2.89. The van der Waals surface area contributed by atoms with Gasteiger partial charge < -0.3 is 10.1 Å². The van der Waals surface area contributed by atoms with Gasteiger partial charge in [-0.15, -0.1) is 0 Å². The van der Waals surface area contributed by atoms with Crippen LogP contribution in [-0.2, 0) is 4.79 Å². The van der Waals surface area contributed by atoms with Gasteiger partial charge in [-0.05, 0) is 54.6 Å². The highest BCUT2D eigenvalue weighted by Gasteiger charge is 2.36. The molecule has 3 aromatic rings. The second kappa shape index (κ2) is 8.98. The highest BCUT2D eigenvalue weighted by atomic mass is 79.9. The zero-order chi connectivity index (χ0) is 22.8. The van der Waals surface area contributed by atoms with E-state index in [0.717, 1.165) is 14.9 Å².